The van der Waals surface area contributed by atoms with E-state index in [1.54, 1.807) is 0 Å². The Morgan fingerprint density at radius 1 is 0.259 bits per heavy atom. The third-order valence-electron chi connectivity index (χ3n) is 14.2. The predicted molar refractivity (Wildman–Crippen MR) is 353 cm³/mol. The van der Waals surface area contributed by atoms with Gasteiger partial charge >= 0.3 is 17.9 Å². The average Bonchev–Trinajstić information content (AvgIpc) is 3.47. The minimum absolute atomic E-state index is 0.0812. The SMILES string of the molecule is CC/C=C\C/C=C\C/C=C\C/C=C\C/C=C\C/C=C\CCCCCCCCCCCCC(=O)OCC(COC(=O)CCCCCCCCC)OC(=O)CCCCCCCCCCCCC/C=C\C/C=C\C/C=C\C/C=C\C/C=C\CC. The Kier molecular flexibility index (Phi) is 64.3. The van der Waals surface area contributed by atoms with Crippen molar-refractivity contribution in [2.75, 3.05) is 13.2 Å². The van der Waals surface area contributed by atoms with E-state index >= 15 is 0 Å². The fraction of sp³-hybridized carbons (Fsp3) is 0.667. The number of carbonyl (C=O) groups excluding carboxylic acids is 3. The van der Waals surface area contributed by atoms with Gasteiger partial charge < -0.3 is 14.2 Å². The number of allylic oxidation sites excluding steroid dienone is 22. The standard InChI is InChI=1S/C75H124O6/c1-4-7-10-13-16-18-20-22-24-26-28-30-32-34-36-37-39-40-42-44-46-48-50-52-54-56-59-62-65-68-74(77)80-71-72(70-79-73(76)67-64-61-58-15-12-9-6-3)81-75(78)69-66-63-60-57-55-53-51-49-47-45-43-41-38-35-33-31-29-27-25-23-21-19-17-14-11-8-5-2/h7-8,10-11,16-19,22-25,28-31,34-36,38-40,72H,4-6,9,12-15,20-21,26-27,32-33,37,41-71H2,1-3H3/b10-7-,11-8-,18-16-,19-17-,24-22-,25-23-,30-28-,31-29-,36-34-,38-35-,40-39-. The topological polar surface area (TPSA) is 78.9 Å². The Balaban J connectivity index is 4.15. The zero-order valence-electron chi connectivity index (χ0n) is 52.8. The summed E-state index contributed by atoms with van der Waals surface area (Å²) in [5.74, 6) is -0.891. The van der Waals surface area contributed by atoms with E-state index in [1.807, 2.05) is 0 Å². The molecule has 81 heavy (non-hydrogen) atoms. The second-order valence-corrected chi connectivity index (χ2v) is 22.0. The van der Waals surface area contributed by atoms with Crippen LogP contribution in [0.4, 0.5) is 0 Å². The average molecular weight is 1120 g/mol. The van der Waals surface area contributed by atoms with E-state index in [1.165, 1.54) is 135 Å². The quantitative estimate of drug-likeness (QED) is 0.0261. The van der Waals surface area contributed by atoms with Crippen molar-refractivity contribution in [3.05, 3.63) is 134 Å². The highest BCUT2D eigenvalue weighted by Gasteiger charge is 2.19. The van der Waals surface area contributed by atoms with E-state index < -0.39 is 6.10 Å². The van der Waals surface area contributed by atoms with Crippen LogP contribution in [0.2, 0.25) is 0 Å². The molecule has 0 rings (SSSR count). The normalized spacial score (nSPS) is 13.0. The van der Waals surface area contributed by atoms with Crippen molar-refractivity contribution in [1.29, 1.82) is 0 Å². The summed E-state index contributed by atoms with van der Waals surface area (Å²) in [5.41, 5.74) is 0. The summed E-state index contributed by atoms with van der Waals surface area (Å²) in [6.45, 7) is 6.38. The summed E-state index contributed by atoms with van der Waals surface area (Å²) < 4.78 is 16.9. The molecule has 1 unspecified atom stereocenters. The minimum Gasteiger partial charge on any atom is -0.462 e. The van der Waals surface area contributed by atoms with Gasteiger partial charge in [-0.3, -0.25) is 14.4 Å². The first-order valence-electron chi connectivity index (χ1n) is 33.7. The fourth-order valence-electron chi connectivity index (χ4n) is 9.18. The Labute approximate surface area is 500 Å². The molecule has 0 N–H and O–H groups in total. The number of rotatable bonds is 60. The molecule has 0 heterocycles. The van der Waals surface area contributed by atoms with Gasteiger partial charge in [0.05, 0.1) is 0 Å². The van der Waals surface area contributed by atoms with Gasteiger partial charge in [0.15, 0.2) is 6.10 Å². The molecule has 0 aromatic heterocycles. The number of hydrogen-bond acceptors (Lipinski definition) is 6. The van der Waals surface area contributed by atoms with Gasteiger partial charge in [0.1, 0.15) is 13.2 Å². The molecule has 0 aliphatic rings. The Hall–Kier alpha value is -4.45. The highest BCUT2D eigenvalue weighted by Crippen LogP contribution is 2.16. The van der Waals surface area contributed by atoms with Crippen LogP contribution >= 0.6 is 0 Å². The van der Waals surface area contributed by atoms with Crippen molar-refractivity contribution in [1.82, 2.24) is 0 Å². The van der Waals surface area contributed by atoms with Gasteiger partial charge in [-0.25, -0.2) is 0 Å². The molecule has 0 aliphatic carbocycles. The van der Waals surface area contributed by atoms with Crippen molar-refractivity contribution in [2.24, 2.45) is 0 Å². The first kappa shape index (κ1) is 76.5. The molecule has 0 saturated carbocycles. The third-order valence-corrected chi connectivity index (χ3v) is 14.2. The van der Waals surface area contributed by atoms with Crippen LogP contribution < -0.4 is 0 Å². The molecule has 0 radical (unpaired) electrons. The zero-order chi connectivity index (χ0) is 58.5. The van der Waals surface area contributed by atoms with E-state index in [9.17, 15) is 14.4 Å². The van der Waals surface area contributed by atoms with Gasteiger partial charge in [0, 0.05) is 19.3 Å². The molecule has 6 nitrogen and oxygen atoms in total. The molecule has 1 atom stereocenters. The molecule has 0 spiro atoms. The van der Waals surface area contributed by atoms with Crippen LogP contribution in [-0.4, -0.2) is 37.2 Å². The maximum Gasteiger partial charge on any atom is 0.306 e. The summed E-state index contributed by atoms with van der Waals surface area (Å²) in [6.07, 6.45) is 96.3. The van der Waals surface area contributed by atoms with Gasteiger partial charge in [0.2, 0.25) is 0 Å². The van der Waals surface area contributed by atoms with Crippen LogP contribution in [0.25, 0.3) is 0 Å². The van der Waals surface area contributed by atoms with E-state index in [0.29, 0.717) is 19.3 Å². The van der Waals surface area contributed by atoms with Gasteiger partial charge in [-0.1, -0.05) is 302 Å². The fourth-order valence-corrected chi connectivity index (χ4v) is 9.18. The molecule has 0 fully saturated rings. The Morgan fingerprint density at radius 3 is 0.753 bits per heavy atom. The maximum atomic E-state index is 12.9. The molecule has 0 bridgehead atoms. The smallest absolute Gasteiger partial charge is 0.306 e. The number of ether oxygens (including phenoxy) is 3. The van der Waals surface area contributed by atoms with Crippen LogP contribution in [0.15, 0.2) is 134 Å². The monoisotopic (exact) mass is 1120 g/mol. The molecule has 0 aliphatic heterocycles. The third kappa shape index (κ3) is 66.2. The summed E-state index contributed by atoms with van der Waals surface area (Å²) in [6, 6.07) is 0. The van der Waals surface area contributed by atoms with Crippen molar-refractivity contribution in [3.8, 4) is 0 Å². The van der Waals surface area contributed by atoms with Crippen LogP contribution in [0, 0.1) is 0 Å². The van der Waals surface area contributed by atoms with Gasteiger partial charge in [-0.2, -0.15) is 0 Å². The highest BCUT2D eigenvalue weighted by molar-refractivity contribution is 5.71. The van der Waals surface area contributed by atoms with Crippen LogP contribution in [0.3, 0.4) is 0 Å². The highest BCUT2D eigenvalue weighted by atomic mass is 16.6. The van der Waals surface area contributed by atoms with Crippen molar-refractivity contribution >= 4 is 17.9 Å². The first-order chi connectivity index (χ1) is 40.0. The van der Waals surface area contributed by atoms with Gasteiger partial charge in [0.25, 0.3) is 0 Å². The number of hydrogen-bond donors (Lipinski definition) is 0. The number of unbranched alkanes of at least 4 members (excludes halogenated alkanes) is 27. The van der Waals surface area contributed by atoms with Gasteiger partial charge in [-0.15, -0.1) is 0 Å². The van der Waals surface area contributed by atoms with Crippen molar-refractivity contribution in [3.63, 3.8) is 0 Å². The Bertz CT molecular complexity index is 1720. The minimum atomic E-state index is -0.783. The molecule has 460 valence electrons. The van der Waals surface area contributed by atoms with E-state index in [4.69, 9.17) is 14.2 Å². The second kappa shape index (κ2) is 68.1. The van der Waals surface area contributed by atoms with Crippen LogP contribution in [-0.2, 0) is 28.6 Å². The molecule has 0 aromatic rings. The predicted octanol–water partition coefficient (Wildman–Crippen LogP) is 23.3. The number of carbonyl (C=O) groups is 3. The van der Waals surface area contributed by atoms with Gasteiger partial charge in [-0.05, 0) is 116 Å². The summed E-state index contributed by atoms with van der Waals surface area (Å²) in [5, 5.41) is 0. The molecule has 0 amide bonds. The van der Waals surface area contributed by atoms with E-state index in [2.05, 4.69) is 154 Å². The molecular weight excluding hydrogens is 997 g/mol. The lowest BCUT2D eigenvalue weighted by molar-refractivity contribution is -0.167. The van der Waals surface area contributed by atoms with Crippen molar-refractivity contribution in [2.45, 2.75) is 309 Å². The lowest BCUT2D eigenvalue weighted by Gasteiger charge is -2.18. The van der Waals surface area contributed by atoms with E-state index in [0.717, 1.165) is 128 Å². The summed E-state index contributed by atoms with van der Waals surface area (Å²) >= 11 is 0. The summed E-state index contributed by atoms with van der Waals surface area (Å²) in [4.78, 5) is 38.2. The van der Waals surface area contributed by atoms with Crippen molar-refractivity contribution < 1.29 is 28.6 Å². The first-order valence-corrected chi connectivity index (χ1v) is 33.7. The summed E-state index contributed by atoms with van der Waals surface area (Å²) in [7, 11) is 0. The van der Waals surface area contributed by atoms with Crippen LogP contribution in [0.1, 0.15) is 303 Å². The lowest BCUT2D eigenvalue weighted by atomic mass is 10.0. The van der Waals surface area contributed by atoms with E-state index in [-0.39, 0.29) is 31.1 Å². The maximum absolute atomic E-state index is 12.9. The van der Waals surface area contributed by atoms with Crippen LogP contribution in [0.5, 0.6) is 0 Å². The molecule has 0 saturated heterocycles. The molecular formula is C75H124O6. The molecule has 0 aromatic carbocycles. The Morgan fingerprint density at radius 2 is 0.481 bits per heavy atom. The largest absolute Gasteiger partial charge is 0.462 e. The zero-order valence-corrected chi connectivity index (χ0v) is 52.8. The second-order valence-electron chi connectivity index (χ2n) is 22.0. The number of esters is 3. The molecule has 6 heteroatoms. The lowest BCUT2D eigenvalue weighted by Crippen LogP contribution is -2.30.